The largest absolute Gasteiger partial charge is 0.503 e. The van der Waals surface area contributed by atoms with E-state index in [0.29, 0.717) is 15.9 Å². The van der Waals surface area contributed by atoms with Crippen LogP contribution in [0.2, 0.25) is 5.02 Å². The van der Waals surface area contributed by atoms with Crippen LogP contribution in [0, 0.1) is 0 Å². The molecule has 3 aromatic rings. The van der Waals surface area contributed by atoms with Crippen LogP contribution in [-0.4, -0.2) is 10.1 Å². The summed E-state index contributed by atoms with van der Waals surface area (Å²) >= 11 is 6.25. The van der Waals surface area contributed by atoms with Crippen molar-refractivity contribution in [2.75, 3.05) is 0 Å². The van der Waals surface area contributed by atoms with Crippen molar-refractivity contribution in [3.05, 3.63) is 51.8 Å². The number of H-pyrrole nitrogens is 1. The van der Waals surface area contributed by atoms with Gasteiger partial charge in [-0.2, -0.15) is 0 Å². The number of aromatic hydroxyl groups is 1. The number of halogens is 1. The molecule has 0 saturated carbocycles. The maximum Gasteiger partial charge on any atom is 0.290 e. The molecule has 2 N–H and O–H groups in total. The van der Waals surface area contributed by atoms with Gasteiger partial charge in [0.1, 0.15) is 0 Å². The van der Waals surface area contributed by atoms with Crippen LogP contribution < -0.4 is 5.56 Å². The van der Waals surface area contributed by atoms with Crippen LogP contribution in [0.3, 0.4) is 0 Å². The van der Waals surface area contributed by atoms with Gasteiger partial charge in [-0.15, -0.1) is 0 Å². The van der Waals surface area contributed by atoms with Gasteiger partial charge in [-0.3, -0.25) is 4.79 Å². The van der Waals surface area contributed by atoms with Crippen molar-refractivity contribution in [3.63, 3.8) is 0 Å². The number of aromatic amines is 1. The van der Waals surface area contributed by atoms with Crippen molar-refractivity contribution in [2.45, 2.75) is 0 Å². The first-order chi connectivity index (χ1) is 8.16. The Bertz CT molecular complexity index is 792. The minimum Gasteiger partial charge on any atom is -0.503 e. The van der Waals surface area contributed by atoms with Crippen molar-refractivity contribution in [2.24, 2.45) is 0 Å². The van der Waals surface area contributed by atoms with E-state index in [9.17, 15) is 9.90 Å². The molecule has 3 rings (SSSR count). The number of rotatable bonds is 0. The Hall–Kier alpha value is -2.00. The molecule has 1 aromatic heterocycles. The van der Waals surface area contributed by atoms with E-state index in [-0.39, 0.29) is 5.75 Å². The minimum atomic E-state index is -0.533. The third-order valence-corrected chi connectivity index (χ3v) is 3.17. The van der Waals surface area contributed by atoms with Gasteiger partial charge in [0.15, 0.2) is 5.75 Å². The minimum absolute atomic E-state index is 0.302. The zero-order chi connectivity index (χ0) is 12.0. The normalized spacial score (nSPS) is 11.1. The fourth-order valence-electron chi connectivity index (χ4n) is 1.96. The topological polar surface area (TPSA) is 53.1 Å². The van der Waals surface area contributed by atoms with Crippen LogP contribution in [-0.2, 0) is 0 Å². The highest BCUT2D eigenvalue weighted by molar-refractivity contribution is 6.40. The molecule has 0 bridgehead atoms. The van der Waals surface area contributed by atoms with Crippen molar-refractivity contribution in [1.29, 1.82) is 0 Å². The Balaban J connectivity index is 2.59. The summed E-state index contributed by atoms with van der Waals surface area (Å²) in [5, 5.41) is 12.4. The standard InChI is InChI=1S/C13H8ClNO2/c14-11-9-4-2-1-3-7(9)5-8-6-10(16)13(17)15-12(8)11/h1-6,16H,(H,15,17). The summed E-state index contributed by atoms with van der Waals surface area (Å²) in [5.74, 6) is -0.302. The van der Waals surface area contributed by atoms with Gasteiger partial charge in [-0.05, 0) is 17.5 Å². The molecule has 2 aromatic carbocycles. The molecular formula is C13H8ClNO2. The first-order valence-corrected chi connectivity index (χ1v) is 5.48. The van der Waals surface area contributed by atoms with Crippen molar-refractivity contribution in [1.82, 2.24) is 4.98 Å². The van der Waals surface area contributed by atoms with Gasteiger partial charge in [0.05, 0.1) is 10.5 Å². The predicted octanol–water partition coefficient (Wildman–Crippen LogP) is 3.04. The molecule has 0 fully saturated rings. The van der Waals surface area contributed by atoms with Crippen molar-refractivity contribution in [3.8, 4) is 5.75 Å². The molecule has 0 unspecified atom stereocenters. The van der Waals surface area contributed by atoms with Crippen LogP contribution in [0.4, 0.5) is 0 Å². The Morgan fingerprint density at radius 3 is 2.71 bits per heavy atom. The third-order valence-electron chi connectivity index (χ3n) is 2.78. The molecule has 84 valence electrons. The van der Waals surface area contributed by atoms with E-state index in [1.54, 1.807) is 0 Å². The van der Waals surface area contributed by atoms with Gasteiger partial charge in [0, 0.05) is 10.8 Å². The van der Waals surface area contributed by atoms with Crippen molar-refractivity contribution >= 4 is 33.3 Å². The summed E-state index contributed by atoms with van der Waals surface area (Å²) in [5.41, 5.74) is 0.0165. The SMILES string of the molecule is O=c1[nH]c2c(Cl)c3ccccc3cc2cc1O. The van der Waals surface area contributed by atoms with E-state index in [0.717, 1.165) is 10.8 Å². The van der Waals surface area contributed by atoms with E-state index in [2.05, 4.69) is 4.98 Å². The molecule has 3 nitrogen and oxygen atoms in total. The number of benzene rings is 2. The molecule has 0 aliphatic carbocycles. The zero-order valence-electron chi connectivity index (χ0n) is 8.70. The molecule has 0 spiro atoms. The average Bonchev–Trinajstić information content (AvgIpc) is 2.32. The lowest BCUT2D eigenvalue weighted by molar-refractivity contribution is 0.468. The Labute approximate surface area is 101 Å². The molecule has 0 amide bonds. The molecule has 0 aliphatic rings. The highest BCUT2D eigenvalue weighted by atomic mass is 35.5. The fourth-order valence-corrected chi connectivity index (χ4v) is 2.28. The summed E-state index contributed by atoms with van der Waals surface area (Å²) in [6.45, 7) is 0. The van der Waals surface area contributed by atoms with E-state index >= 15 is 0 Å². The lowest BCUT2D eigenvalue weighted by Crippen LogP contribution is -2.04. The Kier molecular flexibility index (Phi) is 2.09. The van der Waals surface area contributed by atoms with Gasteiger partial charge in [0.2, 0.25) is 0 Å². The molecule has 0 atom stereocenters. The quantitative estimate of drug-likeness (QED) is 0.598. The van der Waals surface area contributed by atoms with Crippen LogP contribution in [0.1, 0.15) is 0 Å². The van der Waals surface area contributed by atoms with E-state index < -0.39 is 5.56 Å². The summed E-state index contributed by atoms with van der Waals surface area (Å²) in [6, 6.07) is 10.9. The molecule has 17 heavy (non-hydrogen) atoms. The predicted molar refractivity (Wildman–Crippen MR) is 68.7 cm³/mol. The number of aromatic nitrogens is 1. The van der Waals surface area contributed by atoms with Gasteiger partial charge in [-0.25, -0.2) is 0 Å². The van der Waals surface area contributed by atoms with E-state index in [1.807, 2.05) is 30.3 Å². The molecule has 4 heteroatoms. The number of pyridine rings is 1. The lowest BCUT2D eigenvalue weighted by atomic mass is 10.1. The number of fused-ring (bicyclic) bond motifs is 2. The molecule has 0 radical (unpaired) electrons. The van der Waals surface area contributed by atoms with E-state index in [4.69, 9.17) is 11.6 Å². The monoisotopic (exact) mass is 245 g/mol. The van der Waals surface area contributed by atoms with Crippen LogP contribution >= 0.6 is 11.6 Å². The first kappa shape index (κ1) is 10.2. The summed E-state index contributed by atoms with van der Waals surface area (Å²) in [4.78, 5) is 13.9. The second-order valence-corrected chi connectivity index (χ2v) is 4.24. The van der Waals surface area contributed by atoms with E-state index in [1.165, 1.54) is 6.07 Å². The maximum atomic E-state index is 11.4. The van der Waals surface area contributed by atoms with Crippen LogP contribution in [0.25, 0.3) is 21.7 Å². The fraction of sp³-hybridized carbons (Fsp3) is 0. The van der Waals surface area contributed by atoms with Gasteiger partial charge in [-0.1, -0.05) is 35.9 Å². The lowest BCUT2D eigenvalue weighted by Gasteiger charge is -2.05. The Morgan fingerprint density at radius 2 is 1.88 bits per heavy atom. The van der Waals surface area contributed by atoms with Gasteiger partial charge >= 0.3 is 0 Å². The highest BCUT2D eigenvalue weighted by Crippen LogP contribution is 2.31. The highest BCUT2D eigenvalue weighted by Gasteiger charge is 2.08. The smallest absolute Gasteiger partial charge is 0.290 e. The molecule has 0 aliphatic heterocycles. The number of nitrogens with one attached hydrogen (secondary N) is 1. The van der Waals surface area contributed by atoms with Gasteiger partial charge < -0.3 is 10.1 Å². The maximum absolute atomic E-state index is 11.4. The van der Waals surface area contributed by atoms with Crippen molar-refractivity contribution < 1.29 is 5.11 Å². The van der Waals surface area contributed by atoms with Crippen LogP contribution in [0.5, 0.6) is 5.75 Å². The average molecular weight is 246 g/mol. The first-order valence-electron chi connectivity index (χ1n) is 5.10. The number of hydrogen-bond acceptors (Lipinski definition) is 2. The second kappa shape index (κ2) is 3.50. The summed E-state index contributed by atoms with van der Waals surface area (Å²) < 4.78 is 0. The molecule has 0 saturated heterocycles. The third kappa shape index (κ3) is 1.47. The molecule has 1 heterocycles. The second-order valence-electron chi connectivity index (χ2n) is 3.86. The molecular weight excluding hydrogens is 238 g/mol. The number of hydrogen-bond donors (Lipinski definition) is 2. The van der Waals surface area contributed by atoms with Crippen LogP contribution in [0.15, 0.2) is 41.2 Å². The zero-order valence-corrected chi connectivity index (χ0v) is 9.45. The summed E-state index contributed by atoms with van der Waals surface area (Å²) in [7, 11) is 0. The van der Waals surface area contributed by atoms with Gasteiger partial charge in [0.25, 0.3) is 5.56 Å². The summed E-state index contributed by atoms with van der Waals surface area (Å²) in [6.07, 6.45) is 0. The Morgan fingerprint density at radius 1 is 1.12 bits per heavy atom.